The first kappa shape index (κ1) is 11.2. The van der Waals surface area contributed by atoms with Crippen LogP contribution in [0.4, 0.5) is 0 Å². The van der Waals surface area contributed by atoms with E-state index in [-0.39, 0.29) is 0 Å². The largest absolute Gasteiger partial charge is 0.389 e. The lowest BCUT2D eigenvalue weighted by Crippen LogP contribution is -2.34. The molecule has 0 amide bonds. The van der Waals surface area contributed by atoms with Gasteiger partial charge in [0.15, 0.2) is 0 Å². The van der Waals surface area contributed by atoms with Gasteiger partial charge in [-0.2, -0.15) is 5.26 Å². The second kappa shape index (κ2) is 4.56. The van der Waals surface area contributed by atoms with Crippen molar-refractivity contribution in [3.05, 3.63) is 21.9 Å². The fourth-order valence-corrected chi connectivity index (χ4v) is 1.80. The Bertz CT molecular complexity index is 333. The maximum atomic E-state index is 9.44. The smallest absolute Gasteiger partial charge is 0.100 e. The van der Waals surface area contributed by atoms with E-state index in [9.17, 15) is 5.11 Å². The van der Waals surface area contributed by atoms with Gasteiger partial charge < -0.3 is 10.4 Å². The van der Waals surface area contributed by atoms with E-state index in [1.54, 1.807) is 25.2 Å². The quantitative estimate of drug-likeness (QED) is 0.791. The van der Waals surface area contributed by atoms with E-state index in [1.165, 1.54) is 0 Å². The Hall–Kier alpha value is -0.890. The van der Waals surface area contributed by atoms with Gasteiger partial charge >= 0.3 is 0 Å². The maximum Gasteiger partial charge on any atom is 0.100 e. The summed E-state index contributed by atoms with van der Waals surface area (Å²) < 4.78 is 0. The third-order valence-corrected chi connectivity index (χ3v) is 2.58. The van der Waals surface area contributed by atoms with Gasteiger partial charge in [-0.25, -0.2) is 0 Å². The second-order valence-corrected chi connectivity index (χ2v) is 4.83. The first-order valence-corrected chi connectivity index (χ1v) is 5.30. The zero-order valence-electron chi connectivity index (χ0n) is 8.37. The van der Waals surface area contributed by atoms with E-state index < -0.39 is 5.60 Å². The molecule has 2 N–H and O–H groups in total. The molecule has 0 radical (unpaired) electrons. The Kier molecular flexibility index (Phi) is 3.64. The number of rotatable bonds is 4. The van der Waals surface area contributed by atoms with Crippen molar-refractivity contribution in [2.45, 2.75) is 26.0 Å². The van der Waals surface area contributed by atoms with Crippen LogP contribution in [0.2, 0.25) is 0 Å². The van der Waals surface area contributed by atoms with Gasteiger partial charge in [0.2, 0.25) is 0 Å². The van der Waals surface area contributed by atoms with E-state index in [4.69, 9.17) is 5.26 Å². The van der Waals surface area contributed by atoms with Gasteiger partial charge in [0.1, 0.15) is 6.07 Å². The predicted octanol–water partition coefficient (Wildman–Crippen LogP) is 1.48. The van der Waals surface area contributed by atoms with Gasteiger partial charge in [0.05, 0.1) is 11.2 Å². The molecule has 0 aliphatic rings. The second-order valence-electron chi connectivity index (χ2n) is 3.83. The number of thiophene rings is 1. The SMILES string of the molecule is CC(C)(O)CNCc1cc(C#N)cs1. The van der Waals surface area contributed by atoms with Crippen LogP contribution in [0.25, 0.3) is 0 Å². The van der Waals surface area contributed by atoms with Crippen LogP contribution in [-0.2, 0) is 6.54 Å². The monoisotopic (exact) mass is 210 g/mol. The zero-order valence-corrected chi connectivity index (χ0v) is 9.19. The summed E-state index contributed by atoms with van der Waals surface area (Å²) in [5.41, 5.74) is 0.0186. The molecule has 0 unspecified atom stereocenters. The molecule has 0 atom stereocenters. The molecule has 0 aromatic carbocycles. The Morgan fingerprint density at radius 3 is 2.86 bits per heavy atom. The van der Waals surface area contributed by atoms with Crippen molar-refractivity contribution in [1.29, 1.82) is 5.26 Å². The van der Waals surface area contributed by atoms with Gasteiger partial charge in [0, 0.05) is 23.3 Å². The highest BCUT2D eigenvalue weighted by Gasteiger charge is 2.11. The van der Waals surface area contributed by atoms with Crippen molar-refractivity contribution in [3.63, 3.8) is 0 Å². The Morgan fingerprint density at radius 1 is 1.64 bits per heavy atom. The molecular formula is C10H14N2OS. The average molecular weight is 210 g/mol. The molecule has 0 saturated carbocycles. The van der Waals surface area contributed by atoms with Crippen LogP contribution in [0.5, 0.6) is 0 Å². The molecule has 1 aromatic heterocycles. The molecule has 0 bridgehead atoms. The molecule has 14 heavy (non-hydrogen) atoms. The van der Waals surface area contributed by atoms with E-state index in [0.29, 0.717) is 18.7 Å². The number of nitrogens with zero attached hydrogens (tertiary/aromatic N) is 1. The van der Waals surface area contributed by atoms with Crippen molar-refractivity contribution in [1.82, 2.24) is 5.32 Å². The Labute approximate surface area is 88.0 Å². The number of hydrogen-bond acceptors (Lipinski definition) is 4. The van der Waals surface area contributed by atoms with Crippen LogP contribution in [0.3, 0.4) is 0 Å². The van der Waals surface area contributed by atoms with Crippen molar-refractivity contribution in [2.24, 2.45) is 0 Å². The van der Waals surface area contributed by atoms with Crippen LogP contribution in [0.15, 0.2) is 11.4 Å². The van der Waals surface area contributed by atoms with Crippen molar-refractivity contribution < 1.29 is 5.11 Å². The lowest BCUT2D eigenvalue weighted by molar-refractivity contribution is 0.0796. The fourth-order valence-electron chi connectivity index (χ4n) is 1.02. The normalized spacial score (nSPS) is 11.3. The summed E-state index contributed by atoms with van der Waals surface area (Å²) in [5.74, 6) is 0. The molecular weight excluding hydrogens is 196 g/mol. The fraction of sp³-hybridized carbons (Fsp3) is 0.500. The lowest BCUT2D eigenvalue weighted by Gasteiger charge is -2.17. The molecule has 1 aromatic rings. The number of nitriles is 1. The zero-order chi connectivity index (χ0) is 10.6. The van der Waals surface area contributed by atoms with Gasteiger partial charge in [-0.1, -0.05) is 0 Å². The summed E-state index contributed by atoms with van der Waals surface area (Å²) in [6.07, 6.45) is 0. The third kappa shape index (κ3) is 3.88. The molecule has 76 valence electrons. The third-order valence-electron chi connectivity index (χ3n) is 1.64. The molecule has 4 heteroatoms. The molecule has 1 heterocycles. The van der Waals surface area contributed by atoms with Crippen LogP contribution < -0.4 is 5.32 Å². The predicted molar refractivity (Wildman–Crippen MR) is 57.0 cm³/mol. The molecule has 0 aliphatic heterocycles. The number of hydrogen-bond donors (Lipinski definition) is 2. The summed E-state index contributed by atoms with van der Waals surface area (Å²) in [6.45, 7) is 4.77. The lowest BCUT2D eigenvalue weighted by atomic mass is 10.1. The van der Waals surface area contributed by atoms with E-state index in [0.717, 1.165) is 4.88 Å². The highest BCUT2D eigenvalue weighted by molar-refractivity contribution is 7.10. The minimum atomic E-state index is -0.685. The highest BCUT2D eigenvalue weighted by Crippen LogP contribution is 2.13. The van der Waals surface area contributed by atoms with Crippen LogP contribution in [0.1, 0.15) is 24.3 Å². The van der Waals surface area contributed by atoms with Gasteiger partial charge in [-0.05, 0) is 19.9 Å². The van der Waals surface area contributed by atoms with Crippen molar-refractivity contribution in [2.75, 3.05) is 6.54 Å². The summed E-state index contributed by atoms with van der Waals surface area (Å²) in [5, 5.41) is 23.0. The van der Waals surface area contributed by atoms with Gasteiger partial charge in [-0.3, -0.25) is 0 Å². The minimum Gasteiger partial charge on any atom is -0.389 e. The minimum absolute atomic E-state index is 0.548. The first-order chi connectivity index (χ1) is 6.51. The highest BCUT2D eigenvalue weighted by atomic mass is 32.1. The standard InChI is InChI=1S/C10H14N2OS/c1-10(2,13)7-12-5-9-3-8(4-11)6-14-9/h3,6,12-13H,5,7H2,1-2H3. The Morgan fingerprint density at radius 2 is 2.36 bits per heavy atom. The van der Waals surface area contributed by atoms with Crippen molar-refractivity contribution >= 4 is 11.3 Å². The van der Waals surface area contributed by atoms with Crippen LogP contribution >= 0.6 is 11.3 Å². The van der Waals surface area contributed by atoms with E-state index in [1.807, 2.05) is 11.4 Å². The Balaban J connectivity index is 2.36. The number of nitrogens with one attached hydrogen (secondary N) is 1. The van der Waals surface area contributed by atoms with E-state index >= 15 is 0 Å². The molecule has 0 spiro atoms. The summed E-state index contributed by atoms with van der Waals surface area (Å²) >= 11 is 1.56. The summed E-state index contributed by atoms with van der Waals surface area (Å²) in [6, 6.07) is 3.95. The molecule has 0 aliphatic carbocycles. The van der Waals surface area contributed by atoms with E-state index in [2.05, 4.69) is 11.4 Å². The van der Waals surface area contributed by atoms with Crippen molar-refractivity contribution in [3.8, 4) is 6.07 Å². The average Bonchev–Trinajstić information content (AvgIpc) is 2.50. The number of aliphatic hydroxyl groups is 1. The molecule has 0 fully saturated rings. The topological polar surface area (TPSA) is 56.0 Å². The molecule has 3 nitrogen and oxygen atoms in total. The van der Waals surface area contributed by atoms with Gasteiger partial charge in [0.25, 0.3) is 0 Å². The first-order valence-electron chi connectivity index (χ1n) is 4.42. The summed E-state index contributed by atoms with van der Waals surface area (Å²) in [4.78, 5) is 1.12. The van der Waals surface area contributed by atoms with Crippen LogP contribution in [0, 0.1) is 11.3 Å². The summed E-state index contributed by atoms with van der Waals surface area (Å²) in [7, 11) is 0. The molecule has 1 rings (SSSR count). The maximum absolute atomic E-state index is 9.44. The van der Waals surface area contributed by atoms with Crippen LogP contribution in [-0.4, -0.2) is 17.3 Å². The van der Waals surface area contributed by atoms with Gasteiger partial charge in [-0.15, -0.1) is 11.3 Å². The molecule has 0 saturated heterocycles.